The van der Waals surface area contributed by atoms with Gasteiger partial charge in [-0.05, 0) is 23.8 Å². The topological polar surface area (TPSA) is 90.4 Å². The van der Waals surface area contributed by atoms with E-state index < -0.39 is 6.09 Å². The maximum atomic E-state index is 10.6. The number of halogens is 1. The molecule has 128 valence electrons. The summed E-state index contributed by atoms with van der Waals surface area (Å²) in [4.78, 5) is 10.6. The second kappa shape index (κ2) is 7.72. The number of aromatic nitrogens is 1. The standard InChI is InChI=1S/C18H16ClN3O3/c19-16-4-2-1-3-13(16)10-21-14-7-5-12(6-8-14)17-9-15(25-22-17)11-24-18(20)23/h1-9,21H,10-11H2,(H2,20,23). The molecule has 0 saturated carbocycles. The van der Waals surface area contributed by atoms with Crippen molar-refractivity contribution in [1.82, 2.24) is 5.16 Å². The lowest BCUT2D eigenvalue weighted by molar-refractivity contribution is 0.137. The van der Waals surface area contributed by atoms with E-state index in [2.05, 4.69) is 15.2 Å². The van der Waals surface area contributed by atoms with Gasteiger partial charge >= 0.3 is 6.09 Å². The Hall–Kier alpha value is -2.99. The molecular formula is C18H16ClN3O3. The van der Waals surface area contributed by atoms with Gasteiger partial charge in [-0.25, -0.2) is 4.79 Å². The fourth-order valence-corrected chi connectivity index (χ4v) is 2.46. The molecular weight excluding hydrogens is 342 g/mol. The number of nitrogens with two attached hydrogens (primary N) is 1. The first-order valence-electron chi connectivity index (χ1n) is 7.57. The molecule has 0 saturated heterocycles. The fraction of sp³-hybridized carbons (Fsp3) is 0.111. The van der Waals surface area contributed by atoms with Gasteiger partial charge in [0.2, 0.25) is 0 Å². The van der Waals surface area contributed by atoms with Gasteiger partial charge in [0.05, 0.1) is 0 Å². The maximum absolute atomic E-state index is 10.6. The van der Waals surface area contributed by atoms with E-state index in [0.717, 1.165) is 21.8 Å². The molecule has 2 aromatic carbocycles. The average molecular weight is 358 g/mol. The number of hydrogen-bond donors (Lipinski definition) is 2. The minimum atomic E-state index is -0.855. The number of rotatable bonds is 6. The van der Waals surface area contributed by atoms with Gasteiger partial charge in [-0.15, -0.1) is 0 Å². The third-order valence-electron chi connectivity index (χ3n) is 3.54. The number of ether oxygens (including phenoxy) is 1. The normalized spacial score (nSPS) is 10.4. The van der Waals surface area contributed by atoms with Crippen LogP contribution >= 0.6 is 11.6 Å². The van der Waals surface area contributed by atoms with E-state index in [1.807, 2.05) is 48.5 Å². The summed E-state index contributed by atoms with van der Waals surface area (Å²) in [5, 5.41) is 8.01. The molecule has 0 aliphatic heterocycles. The Labute approximate surface area is 149 Å². The van der Waals surface area contributed by atoms with Crippen LogP contribution in [0.4, 0.5) is 10.5 Å². The van der Waals surface area contributed by atoms with Crippen LogP contribution in [0.3, 0.4) is 0 Å². The number of nitrogens with one attached hydrogen (secondary N) is 1. The van der Waals surface area contributed by atoms with Gasteiger partial charge < -0.3 is 20.3 Å². The van der Waals surface area contributed by atoms with Crippen LogP contribution in [-0.2, 0) is 17.9 Å². The predicted octanol–water partition coefficient (Wildman–Crippen LogP) is 4.20. The SMILES string of the molecule is NC(=O)OCc1cc(-c2ccc(NCc3ccccc3Cl)cc2)no1. The Kier molecular flexibility index (Phi) is 5.20. The Morgan fingerprint density at radius 1 is 1.20 bits per heavy atom. The van der Waals surface area contributed by atoms with Crippen LogP contribution < -0.4 is 11.1 Å². The van der Waals surface area contributed by atoms with E-state index in [-0.39, 0.29) is 6.61 Å². The van der Waals surface area contributed by atoms with Crippen molar-refractivity contribution < 1.29 is 14.1 Å². The molecule has 6 nitrogen and oxygen atoms in total. The molecule has 3 aromatic rings. The molecule has 0 fully saturated rings. The molecule has 3 rings (SSSR count). The monoisotopic (exact) mass is 357 g/mol. The molecule has 0 aliphatic carbocycles. The molecule has 7 heteroatoms. The summed E-state index contributed by atoms with van der Waals surface area (Å²) < 4.78 is 9.77. The largest absolute Gasteiger partial charge is 0.441 e. The molecule has 0 unspecified atom stereocenters. The van der Waals surface area contributed by atoms with Crippen molar-refractivity contribution in [3.8, 4) is 11.3 Å². The first-order chi connectivity index (χ1) is 12.1. The van der Waals surface area contributed by atoms with Crippen LogP contribution in [0.5, 0.6) is 0 Å². The average Bonchev–Trinajstić information content (AvgIpc) is 3.09. The Morgan fingerprint density at radius 3 is 2.68 bits per heavy atom. The lowest BCUT2D eigenvalue weighted by Gasteiger charge is -2.08. The summed E-state index contributed by atoms with van der Waals surface area (Å²) in [6.45, 7) is 0.595. The highest BCUT2D eigenvalue weighted by Crippen LogP contribution is 2.22. The quantitative estimate of drug-likeness (QED) is 0.689. The van der Waals surface area contributed by atoms with Crippen LogP contribution in [-0.4, -0.2) is 11.2 Å². The number of hydrogen-bond acceptors (Lipinski definition) is 5. The maximum Gasteiger partial charge on any atom is 0.404 e. The number of primary amides is 1. The minimum Gasteiger partial charge on any atom is -0.441 e. The highest BCUT2D eigenvalue weighted by atomic mass is 35.5. The van der Waals surface area contributed by atoms with Crippen molar-refractivity contribution in [1.29, 1.82) is 0 Å². The van der Waals surface area contributed by atoms with E-state index in [1.165, 1.54) is 0 Å². The molecule has 0 spiro atoms. The third-order valence-corrected chi connectivity index (χ3v) is 3.91. The van der Waals surface area contributed by atoms with Crippen LogP contribution in [0.15, 0.2) is 59.1 Å². The van der Waals surface area contributed by atoms with Crippen molar-refractivity contribution in [3.05, 3.63) is 70.9 Å². The number of carbonyl (C=O) groups is 1. The second-order valence-electron chi connectivity index (χ2n) is 5.31. The summed E-state index contributed by atoms with van der Waals surface area (Å²) in [5.74, 6) is 0.426. The fourth-order valence-electron chi connectivity index (χ4n) is 2.26. The molecule has 1 aromatic heterocycles. The van der Waals surface area contributed by atoms with Gasteiger partial charge in [-0.1, -0.05) is 47.1 Å². The van der Waals surface area contributed by atoms with Crippen LogP contribution in [0.25, 0.3) is 11.3 Å². The Morgan fingerprint density at radius 2 is 1.96 bits per heavy atom. The number of anilines is 1. The highest BCUT2D eigenvalue weighted by Gasteiger charge is 2.08. The van der Waals surface area contributed by atoms with Crippen molar-refractivity contribution in [2.75, 3.05) is 5.32 Å². The predicted molar refractivity (Wildman–Crippen MR) is 95.1 cm³/mol. The van der Waals surface area contributed by atoms with Gasteiger partial charge in [0.15, 0.2) is 12.4 Å². The summed E-state index contributed by atoms with van der Waals surface area (Å²) in [6.07, 6.45) is -0.855. The Bertz CT molecular complexity index is 862. The first kappa shape index (κ1) is 16.9. The van der Waals surface area contributed by atoms with Gasteiger partial charge in [0, 0.05) is 28.9 Å². The van der Waals surface area contributed by atoms with E-state index in [1.54, 1.807) is 6.07 Å². The lowest BCUT2D eigenvalue weighted by Crippen LogP contribution is -2.12. The van der Waals surface area contributed by atoms with Crippen LogP contribution in [0.2, 0.25) is 5.02 Å². The lowest BCUT2D eigenvalue weighted by atomic mass is 10.1. The number of amides is 1. The number of nitrogens with zero attached hydrogens (tertiary/aromatic N) is 1. The van der Waals surface area contributed by atoms with E-state index in [9.17, 15) is 4.79 Å². The summed E-state index contributed by atoms with van der Waals surface area (Å²) >= 11 is 6.15. The molecule has 0 atom stereocenters. The van der Waals surface area contributed by atoms with Gasteiger partial charge in [0.25, 0.3) is 0 Å². The van der Waals surface area contributed by atoms with Crippen molar-refractivity contribution in [2.24, 2.45) is 5.73 Å². The summed E-state index contributed by atoms with van der Waals surface area (Å²) in [6, 6.07) is 17.1. The third kappa shape index (κ3) is 4.51. The smallest absolute Gasteiger partial charge is 0.404 e. The molecule has 1 heterocycles. The molecule has 0 bridgehead atoms. The van der Waals surface area contributed by atoms with E-state index in [4.69, 9.17) is 21.9 Å². The molecule has 25 heavy (non-hydrogen) atoms. The zero-order valence-electron chi connectivity index (χ0n) is 13.2. The van der Waals surface area contributed by atoms with Gasteiger partial charge in [0.1, 0.15) is 5.69 Å². The zero-order chi connectivity index (χ0) is 17.6. The van der Waals surface area contributed by atoms with Crippen molar-refractivity contribution in [2.45, 2.75) is 13.2 Å². The van der Waals surface area contributed by atoms with E-state index in [0.29, 0.717) is 18.0 Å². The Balaban J connectivity index is 1.62. The van der Waals surface area contributed by atoms with Crippen LogP contribution in [0, 0.1) is 0 Å². The number of carbonyl (C=O) groups excluding carboxylic acids is 1. The van der Waals surface area contributed by atoms with E-state index >= 15 is 0 Å². The first-order valence-corrected chi connectivity index (χ1v) is 7.95. The highest BCUT2D eigenvalue weighted by molar-refractivity contribution is 6.31. The molecule has 3 N–H and O–H groups in total. The molecule has 0 radical (unpaired) electrons. The summed E-state index contributed by atoms with van der Waals surface area (Å²) in [7, 11) is 0. The van der Waals surface area contributed by atoms with Gasteiger partial charge in [-0.3, -0.25) is 0 Å². The number of benzene rings is 2. The second-order valence-corrected chi connectivity index (χ2v) is 5.72. The zero-order valence-corrected chi connectivity index (χ0v) is 14.0. The molecule has 0 aliphatic rings. The molecule has 1 amide bonds. The van der Waals surface area contributed by atoms with Gasteiger partial charge in [-0.2, -0.15) is 0 Å². The summed E-state index contributed by atoms with van der Waals surface area (Å²) in [5.41, 5.74) is 8.45. The van der Waals surface area contributed by atoms with Crippen molar-refractivity contribution in [3.63, 3.8) is 0 Å². The van der Waals surface area contributed by atoms with Crippen molar-refractivity contribution >= 4 is 23.4 Å². The van der Waals surface area contributed by atoms with Crippen LogP contribution in [0.1, 0.15) is 11.3 Å². The minimum absolute atomic E-state index is 0.0419.